The lowest BCUT2D eigenvalue weighted by Crippen LogP contribution is -2.18. The lowest BCUT2D eigenvalue weighted by molar-refractivity contribution is 0.578. The molecule has 0 fully saturated rings. The predicted molar refractivity (Wildman–Crippen MR) is 230 cm³/mol. The minimum atomic E-state index is -0.932. The standard InChI is InChI=1S/C52H45OP/c1-52(2,3)40-28-26-35-16-12-25-50-51-44(46(35)33-40)22-13-23-45(51)47-32-39(31-38-27-29-49(47)54(50)53-48-24-10-9-21-43(38)48)42-20-8-7-19-41(42)37-18-11-17-36(30-37)34-14-5-4-6-15-34/h4-11,13-15,17-24,26,28,30-33,50H,12,16,25,27,29H2,1-3H3/b38-31+,39-32?. The van der Waals surface area contributed by atoms with Crippen LogP contribution in [0.3, 0.4) is 0 Å². The number of benzene rings is 6. The second-order valence-corrected chi connectivity index (χ2v) is 18.3. The highest BCUT2D eigenvalue weighted by atomic mass is 31.1. The van der Waals surface area contributed by atoms with Crippen molar-refractivity contribution in [1.82, 2.24) is 0 Å². The van der Waals surface area contributed by atoms with Gasteiger partial charge >= 0.3 is 0 Å². The number of hydrogen-bond acceptors (Lipinski definition) is 1. The van der Waals surface area contributed by atoms with Gasteiger partial charge in [0.2, 0.25) is 0 Å². The molecule has 1 nitrogen and oxygen atoms in total. The maximum atomic E-state index is 7.41. The Morgan fingerprint density at radius 3 is 2.11 bits per heavy atom. The van der Waals surface area contributed by atoms with E-state index in [0.717, 1.165) is 37.9 Å². The molecule has 2 bridgehead atoms. The average molecular weight is 717 g/mol. The number of aryl methyl sites for hydroxylation is 1. The fourth-order valence-electron chi connectivity index (χ4n) is 9.24. The van der Waals surface area contributed by atoms with Crippen molar-refractivity contribution in [2.24, 2.45) is 0 Å². The summed E-state index contributed by atoms with van der Waals surface area (Å²) in [4.78, 5) is 0. The molecule has 54 heavy (non-hydrogen) atoms. The van der Waals surface area contributed by atoms with E-state index in [0.29, 0.717) is 5.66 Å². The highest BCUT2D eigenvalue weighted by molar-refractivity contribution is 7.58. The van der Waals surface area contributed by atoms with Gasteiger partial charge in [-0.2, -0.15) is 0 Å². The van der Waals surface area contributed by atoms with Crippen LogP contribution in [0.25, 0.3) is 50.1 Å². The van der Waals surface area contributed by atoms with Gasteiger partial charge in [-0.15, -0.1) is 0 Å². The van der Waals surface area contributed by atoms with Gasteiger partial charge in [-0.1, -0.05) is 154 Å². The maximum Gasteiger partial charge on any atom is 0.131 e. The third-order valence-corrected chi connectivity index (χ3v) is 14.5. The largest absolute Gasteiger partial charge is 0.468 e. The van der Waals surface area contributed by atoms with Gasteiger partial charge in [0.05, 0.1) is 0 Å². The van der Waals surface area contributed by atoms with E-state index < -0.39 is 8.15 Å². The van der Waals surface area contributed by atoms with Gasteiger partial charge in [-0.25, -0.2) is 0 Å². The molecular weight excluding hydrogens is 672 g/mol. The topological polar surface area (TPSA) is 9.23 Å². The SMILES string of the molecule is CC(C)(C)c1ccc2c(c1)-c1cccc3c1C(CCC2)P1Oc2ccccc2/C2=C/C(c4ccccc4-c4cccc(-c5ccccc5)c4)=CC3=C1CC2. The van der Waals surface area contributed by atoms with Crippen LogP contribution in [-0.2, 0) is 11.8 Å². The number of para-hydroxylation sites is 1. The van der Waals surface area contributed by atoms with E-state index in [1.807, 2.05) is 0 Å². The summed E-state index contributed by atoms with van der Waals surface area (Å²) < 4.78 is 7.41. The molecule has 2 aliphatic carbocycles. The van der Waals surface area contributed by atoms with Crippen molar-refractivity contribution in [3.8, 4) is 39.1 Å². The Bertz CT molecular complexity index is 2540. The van der Waals surface area contributed by atoms with Crippen molar-refractivity contribution in [2.45, 2.75) is 63.9 Å². The summed E-state index contributed by atoms with van der Waals surface area (Å²) in [5.74, 6) is 1.04. The van der Waals surface area contributed by atoms with Crippen LogP contribution in [0.2, 0.25) is 0 Å². The zero-order chi connectivity index (χ0) is 36.4. The van der Waals surface area contributed by atoms with Crippen LogP contribution in [-0.4, -0.2) is 0 Å². The van der Waals surface area contributed by atoms with E-state index in [1.165, 1.54) is 88.8 Å². The minimum absolute atomic E-state index is 0.0764. The second-order valence-electron chi connectivity index (χ2n) is 16.3. The van der Waals surface area contributed by atoms with Crippen molar-refractivity contribution in [2.75, 3.05) is 0 Å². The average Bonchev–Trinajstić information content (AvgIpc) is 3.18. The smallest absolute Gasteiger partial charge is 0.131 e. The monoisotopic (exact) mass is 716 g/mol. The van der Waals surface area contributed by atoms with Gasteiger partial charge in [0.15, 0.2) is 0 Å². The number of hydrogen-bond donors (Lipinski definition) is 0. The molecule has 2 heterocycles. The Hall–Kier alpha value is -5.23. The summed E-state index contributed by atoms with van der Waals surface area (Å²) in [6, 6.07) is 52.1. The van der Waals surface area contributed by atoms with Gasteiger partial charge in [-0.3, -0.25) is 0 Å². The Kier molecular flexibility index (Phi) is 8.19. The van der Waals surface area contributed by atoms with Crippen LogP contribution in [0.15, 0.2) is 157 Å². The summed E-state index contributed by atoms with van der Waals surface area (Å²) in [7, 11) is -0.932. The highest BCUT2D eigenvalue weighted by Gasteiger charge is 2.41. The van der Waals surface area contributed by atoms with E-state index in [-0.39, 0.29) is 5.41 Å². The zero-order valence-corrected chi connectivity index (χ0v) is 32.3. The van der Waals surface area contributed by atoms with Crippen LogP contribution < -0.4 is 4.52 Å². The quantitative estimate of drug-likeness (QED) is 0.166. The van der Waals surface area contributed by atoms with Gasteiger partial charge in [0.1, 0.15) is 13.9 Å². The maximum absolute atomic E-state index is 7.41. The van der Waals surface area contributed by atoms with Gasteiger partial charge in [0.25, 0.3) is 0 Å². The zero-order valence-electron chi connectivity index (χ0n) is 31.4. The molecule has 0 N–H and O–H groups in total. The molecule has 264 valence electrons. The predicted octanol–water partition coefficient (Wildman–Crippen LogP) is 14.8. The second kappa shape index (κ2) is 13.3. The number of allylic oxidation sites excluding steroid dienone is 6. The molecule has 0 amide bonds. The molecule has 0 spiro atoms. The first-order valence-electron chi connectivity index (χ1n) is 19.6. The molecule has 10 rings (SSSR count). The lowest BCUT2D eigenvalue weighted by atomic mass is 9.79. The summed E-state index contributed by atoms with van der Waals surface area (Å²) in [6.07, 6.45) is 10.4. The van der Waals surface area contributed by atoms with E-state index in [9.17, 15) is 0 Å². The Labute approximate surface area is 321 Å². The van der Waals surface area contributed by atoms with Crippen LogP contribution in [0.5, 0.6) is 5.75 Å². The van der Waals surface area contributed by atoms with Crippen molar-refractivity contribution in [3.63, 3.8) is 0 Å². The van der Waals surface area contributed by atoms with E-state index in [2.05, 4.69) is 172 Å². The minimum Gasteiger partial charge on any atom is -0.468 e. The number of fused-ring (bicyclic) bond motifs is 8. The highest BCUT2D eigenvalue weighted by Crippen LogP contribution is 2.70. The normalized spacial score (nSPS) is 19.5. The van der Waals surface area contributed by atoms with E-state index >= 15 is 0 Å². The molecule has 0 saturated carbocycles. The molecule has 2 heteroatoms. The van der Waals surface area contributed by atoms with Crippen molar-refractivity contribution < 1.29 is 4.52 Å². The first-order chi connectivity index (χ1) is 26.4. The molecule has 6 aromatic rings. The Morgan fingerprint density at radius 1 is 0.556 bits per heavy atom. The Morgan fingerprint density at radius 2 is 1.26 bits per heavy atom. The summed E-state index contributed by atoms with van der Waals surface area (Å²) in [6.45, 7) is 7.00. The van der Waals surface area contributed by atoms with Crippen LogP contribution in [0.4, 0.5) is 0 Å². The third kappa shape index (κ3) is 5.73. The van der Waals surface area contributed by atoms with E-state index in [1.54, 1.807) is 0 Å². The summed E-state index contributed by atoms with van der Waals surface area (Å²) >= 11 is 0. The van der Waals surface area contributed by atoms with Crippen LogP contribution >= 0.6 is 8.15 Å². The first-order valence-corrected chi connectivity index (χ1v) is 21.0. The molecule has 2 atom stereocenters. The molecule has 2 aliphatic heterocycles. The third-order valence-electron chi connectivity index (χ3n) is 12.0. The first kappa shape index (κ1) is 33.3. The van der Waals surface area contributed by atoms with Gasteiger partial charge in [-0.05, 0) is 134 Å². The molecule has 0 radical (unpaired) electrons. The van der Waals surface area contributed by atoms with Crippen LogP contribution in [0, 0.1) is 0 Å². The van der Waals surface area contributed by atoms with Gasteiger partial charge in [0, 0.05) is 16.5 Å². The van der Waals surface area contributed by atoms with Crippen LogP contribution in [0.1, 0.15) is 85.5 Å². The fraction of sp³-hybridized carbons (Fsp3) is 0.192. The fourth-order valence-corrected chi connectivity index (χ4v) is 11.9. The summed E-state index contributed by atoms with van der Waals surface area (Å²) in [5.41, 5.74) is 20.5. The summed E-state index contributed by atoms with van der Waals surface area (Å²) in [5, 5.41) is 1.52. The lowest BCUT2D eigenvalue weighted by Gasteiger charge is -2.41. The van der Waals surface area contributed by atoms with Crippen molar-refractivity contribution in [3.05, 3.63) is 190 Å². The van der Waals surface area contributed by atoms with E-state index in [4.69, 9.17) is 4.52 Å². The Balaban J connectivity index is 1.22. The molecule has 2 unspecified atom stereocenters. The molecular formula is C52H45OP. The van der Waals surface area contributed by atoms with Crippen molar-refractivity contribution in [1.29, 1.82) is 0 Å². The number of rotatable bonds is 3. The van der Waals surface area contributed by atoms with Crippen molar-refractivity contribution >= 4 is 24.9 Å². The molecule has 0 aromatic heterocycles. The molecule has 0 saturated heterocycles. The molecule has 4 aliphatic rings. The molecule has 6 aromatic carbocycles. The van der Waals surface area contributed by atoms with Gasteiger partial charge < -0.3 is 4.52 Å².